The average Bonchev–Trinajstić information content (AvgIpc) is 2.53. The average molecular weight is 289 g/mol. The van der Waals surface area contributed by atoms with Gasteiger partial charge in [0.2, 0.25) is 0 Å². The second kappa shape index (κ2) is 7.33. The molecule has 4 nitrogen and oxygen atoms in total. The molecule has 0 saturated heterocycles. The molecule has 2 rings (SSSR count). The Morgan fingerprint density at radius 3 is 1.77 bits per heavy atom. The molecule has 0 heterocycles. The van der Waals surface area contributed by atoms with Gasteiger partial charge < -0.3 is 5.11 Å². The fraction of sp³-hybridized carbons (Fsp3) is 0. The lowest BCUT2D eigenvalue weighted by atomic mass is 10.2. The lowest BCUT2D eigenvalue weighted by Crippen LogP contribution is -1.86. The Hall–Kier alpha value is -3.50. The molecule has 0 bridgehead atoms. The van der Waals surface area contributed by atoms with Crippen LogP contribution in [0, 0.1) is 33.8 Å². The minimum atomic E-state index is -0.448. The van der Waals surface area contributed by atoms with Crippen LogP contribution < -0.4 is 0 Å². The van der Waals surface area contributed by atoms with Gasteiger partial charge in [0.15, 0.2) is 0 Å². The van der Waals surface area contributed by atoms with Gasteiger partial charge in [-0.3, -0.25) is 10.1 Å². The molecular formula is C18H11NO3. The summed E-state index contributed by atoms with van der Waals surface area (Å²) in [5.74, 6) is 11.6. The smallest absolute Gasteiger partial charge is 0.269 e. The number of benzene rings is 2. The number of non-ortho nitro benzene ring substituents is 1. The van der Waals surface area contributed by atoms with Crippen molar-refractivity contribution in [2.45, 2.75) is 0 Å². The number of hydrogen-bond donors (Lipinski definition) is 1. The van der Waals surface area contributed by atoms with Crippen molar-refractivity contribution in [3.8, 4) is 29.4 Å². The summed E-state index contributed by atoms with van der Waals surface area (Å²) in [5.41, 5.74) is 1.54. The van der Waals surface area contributed by atoms with Crippen molar-refractivity contribution >= 4 is 5.69 Å². The molecule has 0 amide bonds. The van der Waals surface area contributed by atoms with Crippen LogP contribution in [-0.4, -0.2) is 10.0 Å². The zero-order valence-electron chi connectivity index (χ0n) is 11.5. The van der Waals surface area contributed by atoms with E-state index in [1.807, 2.05) is 0 Å². The van der Waals surface area contributed by atoms with Crippen LogP contribution in [0.4, 0.5) is 5.69 Å². The highest BCUT2D eigenvalue weighted by molar-refractivity contribution is 5.44. The Bertz CT molecular complexity index is 811. The normalized spacial score (nSPS) is 9.45. The first kappa shape index (κ1) is 14.9. The monoisotopic (exact) mass is 289 g/mol. The molecule has 4 heteroatoms. The topological polar surface area (TPSA) is 63.4 Å². The summed E-state index contributed by atoms with van der Waals surface area (Å²) in [7, 11) is 0. The second-order valence-corrected chi connectivity index (χ2v) is 4.22. The fourth-order valence-electron chi connectivity index (χ4n) is 1.54. The van der Waals surface area contributed by atoms with Crippen LogP contribution in [-0.2, 0) is 0 Å². The number of phenolic OH excluding ortho intramolecular Hbond substituents is 1. The van der Waals surface area contributed by atoms with E-state index < -0.39 is 4.92 Å². The van der Waals surface area contributed by atoms with Crippen molar-refractivity contribution in [2.24, 2.45) is 0 Å². The van der Waals surface area contributed by atoms with E-state index in [9.17, 15) is 10.1 Å². The summed E-state index contributed by atoms with van der Waals surface area (Å²) >= 11 is 0. The number of hydrogen-bond acceptors (Lipinski definition) is 3. The number of allylic oxidation sites excluding steroid dienone is 2. The minimum absolute atomic E-state index is 0.0425. The van der Waals surface area contributed by atoms with Crippen LogP contribution in [0.25, 0.3) is 0 Å². The number of aromatic hydroxyl groups is 1. The van der Waals surface area contributed by atoms with Gasteiger partial charge in [0.1, 0.15) is 5.75 Å². The standard InChI is InChI=1S/C18H11NO3/c20-18-13-9-16(10-14-18)6-4-2-1-3-5-15-7-11-17(12-8-15)19(21)22/h1-2,7-14,20H/b2-1+. The first-order chi connectivity index (χ1) is 10.6. The maximum atomic E-state index is 10.5. The van der Waals surface area contributed by atoms with E-state index in [-0.39, 0.29) is 11.4 Å². The van der Waals surface area contributed by atoms with E-state index in [2.05, 4.69) is 23.7 Å². The number of rotatable bonds is 1. The molecule has 106 valence electrons. The van der Waals surface area contributed by atoms with E-state index in [0.29, 0.717) is 5.56 Å². The van der Waals surface area contributed by atoms with E-state index >= 15 is 0 Å². The molecule has 0 spiro atoms. The molecule has 0 fully saturated rings. The molecule has 2 aromatic rings. The maximum Gasteiger partial charge on any atom is 0.269 e. The summed E-state index contributed by atoms with van der Waals surface area (Å²) in [5, 5.41) is 19.6. The van der Waals surface area contributed by atoms with E-state index in [0.717, 1.165) is 5.56 Å². The van der Waals surface area contributed by atoms with Crippen molar-refractivity contribution in [1.29, 1.82) is 0 Å². The molecule has 0 radical (unpaired) electrons. The Balaban J connectivity index is 1.96. The molecule has 0 unspecified atom stereocenters. The summed E-state index contributed by atoms with van der Waals surface area (Å²) < 4.78 is 0. The zero-order valence-corrected chi connectivity index (χ0v) is 11.5. The van der Waals surface area contributed by atoms with Gasteiger partial charge in [-0.15, -0.1) is 0 Å². The van der Waals surface area contributed by atoms with Crippen molar-refractivity contribution in [1.82, 2.24) is 0 Å². The maximum absolute atomic E-state index is 10.5. The molecule has 0 aliphatic carbocycles. The van der Waals surface area contributed by atoms with E-state index in [1.165, 1.54) is 12.1 Å². The zero-order chi connectivity index (χ0) is 15.8. The predicted octanol–water partition coefficient (Wildman–Crippen LogP) is 3.26. The van der Waals surface area contributed by atoms with Gasteiger partial charge in [0, 0.05) is 23.3 Å². The largest absolute Gasteiger partial charge is 0.508 e. The quantitative estimate of drug-likeness (QED) is 0.498. The van der Waals surface area contributed by atoms with Crippen LogP contribution >= 0.6 is 0 Å². The van der Waals surface area contributed by atoms with Gasteiger partial charge in [-0.2, -0.15) is 0 Å². The molecular weight excluding hydrogens is 278 g/mol. The third kappa shape index (κ3) is 4.56. The van der Waals surface area contributed by atoms with E-state index in [4.69, 9.17) is 5.11 Å². The molecule has 1 N–H and O–H groups in total. The van der Waals surface area contributed by atoms with Gasteiger partial charge in [-0.05, 0) is 48.6 Å². The molecule has 0 aliphatic rings. The van der Waals surface area contributed by atoms with Gasteiger partial charge in [-0.25, -0.2) is 0 Å². The summed E-state index contributed by atoms with van der Waals surface area (Å²) in [6, 6.07) is 12.6. The predicted molar refractivity (Wildman–Crippen MR) is 84.1 cm³/mol. The molecule has 22 heavy (non-hydrogen) atoms. The van der Waals surface area contributed by atoms with Crippen LogP contribution in [0.2, 0.25) is 0 Å². The van der Waals surface area contributed by atoms with Crippen molar-refractivity contribution < 1.29 is 10.0 Å². The van der Waals surface area contributed by atoms with Crippen LogP contribution in [0.3, 0.4) is 0 Å². The lowest BCUT2D eigenvalue weighted by Gasteiger charge is -1.90. The van der Waals surface area contributed by atoms with Crippen molar-refractivity contribution in [2.75, 3.05) is 0 Å². The minimum Gasteiger partial charge on any atom is -0.508 e. The Morgan fingerprint density at radius 1 is 0.864 bits per heavy atom. The Labute approximate surface area is 127 Å². The third-order valence-corrected chi connectivity index (χ3v) is 2.63. The van der Waals surface area contributed by atoms with Gasteiger partial charge in [0.25, 0.3) is 5.69 Å². The second-order valence-electron chi connectivity index (χ2n) is 4.22. The number of nitrogens with zero attached hydrogens (tertiary/aromatic N) is 1. The Kier molecular flexibility index (Phi) is 4.96. The summed E-state index contributed by atoms with van der Waals surface area (Å²) in [6.45, 7) is 0. The van der Waals surface area contributed by atoms with Gasteiger partial charge in [-0.1, -0.05) is 23.7 Å². The summed E-state index contributed by atoms with van der Waals surface area (Å²) in [4.78, 5) is 10.1. The fourth-order valence-corrected chi connectivity index (χ4v) is 1.54. The van der Waals surface area contributed by atoms with Gasteiger partial charge >= 0.3 is 0 Å². The molecule has 0 aliphatic heterocycles. The highest BCUT2D eigenvalue weighted by atomic mass is 16.6. The Morgan fingerprint density at radius 2 is 1.32 bits per heavy atom. The number of phenols is 1. The van der Waals surface area contributed by atoms with Crippen LogP contribution in [0.5, 0.6) is 5.75 Å². The lowest BCUT2D eigenvalue weighted by molar-refractivity contribution is -0.384. The number of nitro groups is 1. The van der Waals surface area contributed by atoms with Gasteiger partial charge in [0.05, 0.1) is 4.92 Å². The van der Waals surface area contributed by atoms with Crippen molar-refractivity contribution in [3.63, 3.8) is 0 Å². The first-order valence-corrected chi connectivity index (χ1v) is 6.37. The van der Waals surface area contributed by atoms with Crippen molar-refractivity contribution in [3.05, 3.63) is 81.9 Å². The van der Waals surface area contributed by atoms with Crippen LogP contribution in [0.15, 0.2) is 60.7 Å². The molecule has 0 aromatic heterocycles. The molecule has 0 atom stereocenters. The molecule has 0 saturated carbocycles. The van der Waals surface area contributed by atoms with E-state index in [1.54, 1.807) is 48.6 Å². The highest BCUT2D eigenvalue weighted by Gasteiger charge is 2.01. The SMILES string of the molecule is O=[N+]([O-])c1ccc(C#C/C=C/C#Cc2ccc(O)cc2)cc1. The number of nitro benzene ring substituents is 1. The summed E-state index contributed by atoms with van der Waals surface area (Å²) in [6.07, 6.45) is 3.22. The third-order valence-electron chi connectivity index (χ3n) is 2.63. The first-order valence-electron chi connectivity index (χ1n) is 6.37. The highest BCUT2D eigenvalue weighted by Crippen LogP contribution is 2.11. The van der Waals surface area contributed by atoms with Crippen LogP contribution in [0.1, 0.15) is 11.1 Å². The molecule has 2 aromatic carbocycles.